The maximum absolute atomic E-state index is 14.5. The van der Waals surface area contributed by atoms with Crippen molar-refractivity contribution in [2.24, 2.45) is 0 Å². The largest absolute Gasteiger partial charge is 0.491 e. The maximum Gasteiger partial charge on any atom is 0.356 e. The van der Waals surface area contributed by atoms with Gasteiger partial charge in [0.1, 0.15) is 0 Å². The minimum Gasteiger partial charge on any atom is -0.491 e. The molecule has 1 aromatic carbocycles. The fourth-order valence-electron chi connectivity index (χ4n) is 2.07. The Kier molecular flexibility index (Phi) is 4.99. The second kappa shape index (κ2) is 6.79. The molecule has 0 saturated carbocycles. The van der Waals surface area contributed by atoms with Crippen LogP contribution in [-0.4, -0.2) is 29.1 Å². The topological polar surface area (TPSA) is 88.5 Å². The number of amides is 1. The first-order valence-electron chi connectivity index (χ1n) is 6.49. The van der Waals surface area contributed by atoms with Gasteiger partial charge in [-0.15, -0.1) is 0 Å². The van der Waals surface area contributed by atoms with Crippen LogP contribution in [0.3, 0.4) is 0 Å². The van der Waals surface area contributed by atoms with E-state index >= 15 is 0 Å². The summed E-state index contributed by atoms with van der Waals surface area (Å²) in [6.07, 6.45) is 1.02. The normalized spacial score (nSPS) is 10.4. The number of hydrogen-bond acceptors (Lipinski definition) is 4. The standard InChI is InChI=1S/C15H11ClF2N2O4/c1-6(21)20-12-8(5-19-13(10(12)16)15(22)23)7-3-4-9(17)14(24-2)11(7)18/h3-5H,1-2H3,(H,22,23)(H,19,20,21). The molecular formula is C15H11ClF2N2O4. The number of hydrogen-bond donors (Lipinski definition) is 2. The van der Waals surface area contributed by atoms with E-state index in [4.69, 9.17) is 16.7 Å². The average molecular weight is 357 g/mol. The van der Waals surface area contributed by atoms with Gasteiger partial charge in [0.15, 0.2) is 23.1 Å². The van der Waals surface area contributed by atoms with Crippen molar-refractivity contribution in [3.8, 4) is 16.9 Å². The molecule has 6 nitrogen and oxygen atoms in total. The first-order chi connectivity index (χ1) is 11.3. The number of aromatic carboxylic acids is 1. The Bertz CT molecular complexity index is 843. The van der Waals surface area contributed by atoms with Crippen molar-refractivity contribution in [2.45, 2.75) is 6.92 Å². The molecule has 126 valence electrons. The van der Waals surface area contributed by atoms with Gasteiger partial charge in [-0.25, -0.2) is 18.6 Å². The summed E-state index contributed by atoms with van der Waals surface area (Å²) in [5, 5.41) is 11.0. The van der Waals surface area contributed by atoms with Gasteiger partial charge in [-0.3, -0.25) is 4.79 Å². The molecule has 9 heteroatoms. The molecule has 0 radical (unpaired) electrons. The lowest BCUT2D eigenvalue weighted by molar-refractivity contribution is -0.114. The first-order valence-corrected chi connectivity index (χ1v) is 6.87. The van der Waals surface area contributed by atoms with Crippen LogP contribution < -0.4 is 10.1 Å². The minimum absolute atomic E-state index is 0.0176. The fraction of sp³-hybridized carbons (Fsp3) is 0.133. The third kappa shape index (κ3) is 3.13. The molecule has 0 aliphatic carbocycles. The van der Waals surface area contributed by atoms with Gasteiger partial charge in [-0.05, 0) is 12.1 Å². The molecule has 0 fully saturated rings. The summed E-state index contributed by atoms with van der Waals surface area (Å²) in [7, 11) is 1.10. The van der Waals surface area contributed by atoms with E-state index in [1.54, 1.807) is 0 Å². The predicted octanol–water partition coefficient (Wildman–Crippen LogP) is 3.35. The summed E-state index contributed by atoms with van der Waals surface area (Å²) in [6, 6.07) is 2.07. The number of methoxy groups -OCH3 is 1. The summed E-state index contributed by atoms with van der Waals surface area (Å²) in [6.45, 7) is 1.17. The van der Waals surface area contributed by atoms with Gasteiger partial charge >= 0.3 is 5.97 Å². The minimum atomic E-state index is -1.42. The van der Waals surface area contributed by atoms with Crippen LogP contribution in [0.1, 0.15) is 17.4 Å². The third-order valence-corrected chi connectivity index (χ3v) is 3.43. The van der Waals surface area contributed by atoms with Crippen molar-refractivity contribution in [1.82, 2.24) is 4.98 Å². The maximum atomic E-state index is 14.5. The number of halogens is 3. The number of rotatable bonds is 4. The van der Waals surface area contributed by atoms with Gasteiger partial charge in [-0.2, -0.15) is 0 Å². The van der Waals surface area contributed by atoms with E-state index in [0.29, 0.717) is 0 Å². The summed E-state index contributed by atoms with van der Waals surface area (Å²) in [5.74, 6) is -4.56. The quantitative estimate of drug-likeness (QED) is 0.877. The van der Waals surface area contributed by atoms with Crippen LogP contribution in [0.4, 0.5) is 14.5 Å². The molecule has 0 aliphatic heterocycles. The second-order valence-corrected chi connectivity index (χ2v) is 5.02. The Balaban J connectivity index is 2.77. The molecule has 2 aromatic rings. The molecule has 24 heavy (non-hydrogen) atoms. The van der Waals surface area contributed by atoms with Crippen molar-refractivity contribution in [3.05, 3.63) is 40.7 Å². The van der Waals surface area contributed by atoms with Gasteiger partial charge in [-0.1, -0.05) is 11.6 Å². The Hall–Kier alpha value is -2.74. The van der Waals surface area contributed by atoms with Crippen LogP contribution in [0.2, 0.25) is 5.02 Å². The molecule has 1 amide bonds. The Morgan fingerprint density at radius 2 is 1.96 bits per heavy atom. The summed E-state index contributed by atoms with van der Waals surface area (Å²) in [5.41, 5.74) is -0.845. The van der Waals surface area contributed by atoms with Crippen LogP contribution in [0.5, 0.6) is 5.75 Å². The lowest BCUT2D eigenvalue weighted by Crippen LogP contribution is -2.11. The molecule has 0 saturated heterocycles. The average Bonchev–Trinajstić information content (AvgIpc) is 2.49. The molecule has 1 aromatic heterocycles. The molecule has 0 unspecified atom stereocenters. The van der Waals surface area contributed by atoms with E-state index in [9.17, 15) is 18.4 Å². The molecule has 1 heterocycles. The number of carbonyl (C=O) groups excluding carboxylic acids is 1. The monoisotopic (exact) mass is 356 g/mol. The molecule has 0 spiro atoms. The van der Waals surface area contributed by atoms with E-state index in [1.165, 1.54) is 6.92 Å². The number of nitrogens with zero attached hydrogens (tertiary/aromatic N) is 1. The molecular weight excluding hydrogens is 346 g/mol. The van der Waals surface area contributed by atoms with Crippen LogP contribution in [0.15, 0.2) is 18.3 Å². The van der Waals surface area contributed by atoms with Crippen LogP contribution in [0.25, 0.3) is 11.1 Å². The number of carbonyl (C=O) groups is 2. The molecule has 2 N–H and O–H groups in total. The van der Waals surface area contributed by atoms with Gasteiger partial charge in [0, 0.05) is 24.2 Å². The first kappa shape index (κ1) is 17.6. The zero-order chi connectivity index (χ0) is 18.0. The molecule has 2 rings (SSSR count). The SMILES string of the molecule is COc1c(F)ccc(-c2cnc(C(=O)O)c(Cl)c2NC(C)=O)c1F. The molecule has 0 atom stereocenters. The zero-order valence-electron chi connectivity index (χ0n) is 12.5. The van der Waals surface area contributed by atoms with Gasteiger partial charge in [0.2, 0.25) is 5.91 Å². The van der Waals surface area contributed by atoms with Crippen LogP contribution in [0, 0.1) is 11.6 Å². The Labute approximate surface area is 140 Å². The number of carboxylic acids is 1. The van der Waals surface area contributed by atoms with E-state index in [2.05, 4.69) is 15.0 Å². The number of anilines is 1. The van der Waals surface area contributed by atoms with Crippen LogP contribution >= 0.6 is 11.6 Å². The molecule has 0 aliphatic rings. The second-order valence-electron chi connectivity index (χ2n) is 4.64. The van der Waals surface area contributed by atoms with Gasteiger partial charge < -0.3 is 15.2 Å². The van der Waals surface area contributed by atoms with Crippen molar-refractivity contribution in [1.29, 1.82) is 0 Å². The Morgan fingerprint density at radius 3 is 2.50 bits per heavy atom. The Morgan fingerprint density at radius 1 is 1.29 bits per heavy atom. The summed E-state index contributed by atoms with van der Waals surface area (Å²) in [4.78, 5) is 26.1. The highest BCUT2D eigenvalue weighted by molar-refractivity contribution is 6.37. The lowest BCUT2D eigenvalue weighted by atomic mass is 10.0. The van der Waals surface area contributed by atoms with Crippen LogP contribution in [-0.2, 0) is 4.79 Å². The number of ether oxygens (including phenoxy) is 1. The number of carboxylic acid groups (broad SMARTS) is 1. The van der Waals surface area contributed by atoms with Crippen molar-refractivity contribution >= 4 is 29.2 Å². The van der Waals surface area contributed by atoms with Gasteiger partial charge in [0.05, 0.1) is 17.8 Å². The summed E-state index contributed by atoms with van der Waals surface area (Å²) < 4.78 is 32.7. The van der Waals surface area contributed by atoms with E-state index < -0.39 is 35.0 Å². The van der Waals surface area contributed by atoms with E-state index in [1.807, 2.05) is 0 Å². The third-order valence-electron chi connectivity index (χ3n) is 3.07. The predicted molar refractivity (Wildman–Crippen MR) is 82.4 cm³/mol. The smallest absolute Gasteiger partial charge is 0.356 e. The van der Waals surface area contributed by atoms with E-state index in [-0.39, 0.29) is 21.8 Å². The molecule has 0 bridgehead atoms. The van der Waals surface area contributed by atoms with Crippen molar-refractivity contribution in [2.75, 3.05) is 12.4 Å². The van der Waals surface area contributed by atoms with Gasteiger partial charge in [0.25, 0.3) is 0 Å². The summed E-state index contributed by atoms with van der Waals surface area (Å²) >= 11 is 5.97. The van der Waals surface area contributed by atoms with E-state index in [0.717, 1.165) is 25.4 Å². The highest BCUT2D eigenvalue weighted by Crippen LogP contribution is 2.39. The highest BCUT2D eigenvalue weighted by atomic mass is 35.5. The number of nitrogens with one attached hydrogen (secondary N) is 1. The van der Waals surface area contributed by atoms with Crippen molar-refractivity contribution in [3.63, 3.8) is 0 Å². The fourth-order valence-corrected chi connectivity index (χ4v) is 2.34. The number of pyridine rings is 1. The number of aromatic nitrogens is 1. The highest BCUT2D eigenvalue weighted by Gasteiger charge is 2.23. The van der Waals surface area contributed by atoms with Crippen molar-refractivity contribution < 1.29 is 28.2 Å². The lowest BCUT2D eigenvalue weighted by Gasteiger charge is -2.15. The number of benzene rings is 1. The zero-order valence-corrected chi connectivity index (χ0v) is 13.2.